The summed E-state index contributed by atoms with van der Waals surface area (Å²) in [4.78, 5) is 17.0. The van der Waals surface area contributed by atoms with Gasteiger partial charge in [-0.3, -0.25) is 4.79 Å². The van der Waals surface area contributed by atoms with Gasteiger partial charge in [0.15, 0.2) is 0 Å². The summed E-state index contributed by atoms with van der Waals surface area (Å²) in [5, 5.41) is 0. The van der Waals surface area contributed by atoms with Crippen LogP contribution in [0.15, 0.2) is 59.1 Å². The van der Waals surface area contributed by atoms with Crippen LogP contribution < -0.4 is 4.74 Å². The molecule has 1 unspecified atom stereocenters. The van der Waals surface area contributed by atoms with Crippen LogP contribution in [0.3, 0.4) is 0 Å². The van der Waals surface area contributed by atoms with Crippen molar-refractivity contribution in [3.05, 3.63) is 64.8 Å². The highest BCUT2D eigenvalue weighted by molar-refractivity contribution is 9.11. The summed E-state index contributed by atoms with van der Waals surface area (Å²) in [5.74, 6) is -0.792. The third-order valence-electron chi connectivity index (χ3n) is 5.18. The van der Waals surface area contributed by atoms with E-state index in [-0.39, 0.29) is 0 Å². The number of carbonyl (C=O) groups is 1. The Bertz CT molecular complexity index is 944. The average molecular weight is 484 g/mol. The molecule has 0 spiro atoms. The molecule has 0 amide bonds. The number of benzene rings is 1. The first-order valence-corrected chi connectivity index (χ1v) is 10.1. The van der Waals surface area contributed by atoms with Crippen LogP contribution in [-0.4, -0.2) is 17.1 Å². The van der Waals surface area contributed by atoms with Crippen molar-refractivity contribution in [1.29, 1.82) is 0 Å². The van der Waals surface area contributed by atoms with Crippen LogP contribution in [-0.2, 0) is 9.53 Å². The standard InChI is InChI=1S/C22H21BrF3NO3/c1-13(16-10-7-11-18(27-16)30-14-8-5-4-6-9-14)29-20(28)19-15(21(19,2)3)12-17(23)22(24,25)26/h4-13,15,19H,1-3H3/t13?,15-,19-/m1/s1. The van der Waals surface area contributed by atoms with E-state index in [1.54, 1.807) is 51.1 Å². The minimum atomic E-state index is -4.48. The van der Waals surface area contributed by atoms with Crippen molar-refractivity contribution in [2.24, 2.45) is 17.3 Å². The lowest BCUT2D eigenvalue weighted by atomic mass is 10.1. The van der Waals surface area contributed by atoms with Gasteiger partial charge < -0.3 is 9.47 Å². The van der Waals surface area contributed by atoms with E-state index in [1.165, 1.54) is 0 Å². The van der Waals surface area contributed by atoms with Crippen molar-refractivity contribution in [3.63, 3.8) is 0 Å². The second-order valence-corrected chi connectivity index (χ2v) is 8.59. The molecule has 0 radical (unpaired) electrons. The van der Waals surface area contributed by atoms with Gasteiger partial charge in [-0.05, 0) is 52.4 Å². The Kier molecular flexibility index (Phi) is 6.26. The van der Waals surface area contributed by atoms with E-state index in [1.807, 2.05) is 18.2 Å². The molecule has 1 saturated carbocycles. The van der Waals surface area contributed by atoms with Gasteiger partial charge in [0.05, 0.1) is 16.1 Å². The number of allylic oxidation sites excluding steroid dienone is 2. The summed E-state index contributed by atoms with van der Waals surface area (Å²) >= 11 is 2.55. The maximum Gasteiger partial charge on any atom is 0.422 e. The zero-order chi connectivity index (χ0) is 22.1. The molecule has 8 heteroatoms. The Morgan fingerprint density at radius 2 is 1.83 bits per heavy atom. The van der Waals surface area contributed by atoms with Crippen LogP contribution in [0.25, 0.3) is 0 Å². The van der Waals surface area contributed by atoms with E-state index in [4.69, 9.17) is 9.47 Å². The summed E-state index contributed by atoms with van der Waals surface area (Å²) < 4.78 is 48.7. The SMILES string of the molecule is CC(OC(=O)[C@H]1[C@@H](C=C(Br)C(F)(F)F)C1(C)C)c1cccc(Oc2ccccc2)n1. The number of esters is 1. The summed E-state index contributed by atoms with van der Waals surface area (Å²) in [7, 11) is 0. The smallest absolute Gasteiger partial charge is 0.422 e. The molecule has 0 N–H and O–H groups in total. The predicted molar refractivity (Wildman–Crippen MR) is 109 cm³/mol. The summed E-state index contributed by atoms with van der Waals surface area (Å²) in [6.45, 7) is 5.15. The first-order chi connectivity index (χ1) is 14.0. The Hall–Kier alpha value is -2.35. The van der Waals surface area contributed by atoms with E-state index in [9.17, 15) is 18.0 Å². The van der Waals surface area contributed by atoms with Gasteiger partial charge in [0.2, 0.25) is 5.88 Å². The minimum absolute atomic E-state index is 0.350. The molecule has 1 fully saturated rings. The minimum Gasteiger partial charge on any atom is -0.456 e. The molecule has 1 heterocycles. The van der Waals surface area contributed by atoms with Gasteiger partial charge in [0.1, 0.15) is 11.9 Å². The Labute approximate surface area is 181 Å². The topological polar surface area (TPSA) is 48.4 Å². The molecule has 160 valence electrons. The van der Waals surface area contributed by atoms with Gasteiger partial charge in [0.25, 0.3) is 0 Å². The Morgan fingerprint density at radius 1 is 1.17 bits per heavy atom. The first-order valence-electron chi connectivity index (χ1n) is 9.35. The van der Waals surface area contributed by atoms with Crippen LogP contribution in [0, 0.1) is 17.3 Å². The van der Waals surface area contributed by atoms with Crippen molar-refractivity contribution in [2.75, 3.05) is 0 Å². The molecule has 4 nitrogen and oxygen atoms in total. The van der Waals surface area contributed by atoms with Crippen molar-refractivity contribution in [2.45, 2.75) is 33.1 Å². The molecule has 2 aromatic rings. The third kappa shape index (κ3) is 5.03. The number of carbonyl (C=O) groups excluding carboxylic acids is 1. The highest BCUT2D eigenvalue weighted by Gasteiger charge is 2.62. The van der Waals surface area contributed by atoms with Gasteiger partial charge in [-0.1, -0.05) is 44.2 Å². The summed E-state index contributed by atoms with van der Waals surface area (Å²) in [6.07, 6.45) is -4.11. The summed E-state index contributed by atoms with van der Waals surface area (Å²) in [6, 6.07) is 14.2. The van der Waals surface area contributed by atoms with Gasteiger partial charge in [-0.25, -0.2) is 4.98 Å². The van der Waals surface area contributed by atoms with Crippen molar-refractivity contribution in [3.8, 4) is 11.6 Å². The van der Waals surface area contributed by atoms with E-state index < -0.39 is 40.0 Å². The fraction of sp³-hybridized carbons (Fsp3) is 0.364. The molecular formula is C22H21BrF3NO3. The molecule has 1 aliphatic rings. The van der Waals surface area contributed by atoms with Crippen LogP contribution in [0.1, 0.15) is 32.6 Å². The van der Waals surface area contributed by atoms with Crippen LogP contribution in [0.5, 0.6) is 11.6 Å². The number of aromatic nitrogens is 1. The largest absolute Gasteiger partial charge is 0.456 e. The summed E-state index contributed by atoms with van der Waals surface area (Å²) in [5.41, 5.74) is -0.133. The molecular weight excluding hydrogens is 463 g/mol. The maximum atomic E-state index is 12.8. The number of halogens is 4. The first kappa shape index (κ1) is 22.3. The number of alkyl halides is 3. The quantitative estimate of drug-likeness (QED) is 0.434. The number of rotatable bonds is 6. The number of nitrogens with zero attached hydrogens (tertiary/aromatic N) is 1. The zero-order valence-corrected chi connectivity index (χ0v) is 18.2. The monoisotopic (exact) mass is 483 g/mol. The van der Waals surface area contributed by atoms with Gasteiger partial charge in [-0.2, -0.15) is 13.2 Å². The highest BCUT2D eigenvalue weighted by Crippen LogP contribution is 2.60. The Morgan fingerprint density at radius 3 is 2.47 bits per heavy atom. The second-order valence-electron chi connectivity index (χ2n) is 7.73. The predicted octanol–water partition coefficient (Wildman–Crippen LogP) is 6.59. The van der Waals surface area contributed by atoms with Crippen molar-refractivity contribution < 1.29 is 27.4 Å². The fourth-order valence-electron chi connectivity index (χ4n) is 3.32. The molecule has 0 saturated heterocycles. The number of hydrogen-bond acceptors (Lipinski definition) is 4. The number of ether oxygens (including phenoxy) is 2. The second kappa shape index (κ2) is 8.41. The molecule has 0 aliphatic heterocycles. The van der Waals surface area contributed by atoms with Crippen molar-refractivity contribution in [1.82, 2.24) is 4.98 Å². The zero-order valence-electron chi connectivity index (χ0n) is 16.6. The van der Waals surface area contributed by atoms with Crippen molar-refractivity contribution >= 4 is 21.9 Å². The fourth-order valence-corrected chi connectivity index (χ4v) is 3.61. The van der Waals surface area contributed by atoms with Crippen LogP contribution >= 0.6 is 15.9 Å². The van der Waals surface area contributed by atoms with Gasteiger partial charge in [-0.15, -0.1) is 0 Å². The number of para-hydroxylation sites is 1. The van der Waals surface area contributed by atoms with Crippen LogP contribution in [0.4, 0.5) is 13.2 Å². The normalized spacial score (nSPS) is 21.6. The lowest BCUT2D eigenvalue weighted by molar-refractivity contribution is -0.151. The maximum absolute atomic E-state index is 12.8. The molecule has 3 rings (SSSR count). The van der Waals surface area contributed by atoms with E-state index in [0.717, 1.165) is 6.08 Å². The van der Waals surface area contributed by atoms with Gasteiger partial charge in [0, 0.05) is 6.07 Å². The number of pyridine rings is 1. The molecule has 1 aliphatic carbocycles. The lowest BCUT2D eigenvalue weighted by Crippen LogP contribution is -2.14. The molecule has 0 bridgehead atoms. The molecule has 30 heavy (non-hydrogen) atoms. The molecule has 3 atom stereocenters. The van der Waals surface area contributed by atoms with E-state index in [2.05, 4.69) is 20.9 Å². The Balaban J connectivity index is 1.67. The average Bonchev–Trinajstić information content (AvgIpc) is 3.22. The van der Waals surface area contributed by atoms with Gasteiger partial charge >= 0.3 is 12.1 Å². The number of hydrogen-bond donors (Lipinski definition) is 0. The lowest BCUT2D eigenvalue weighted by Gasteiger charge is -2.14. The van der Waals surface area contributed by atoms with E-state index in [0.29, 0.717) is 17.3 Å². The third-order valence-corrected chi connectivity index (χ3v) is 5.90. The van der Waals surface area contributed by atoms with E-state index >= 15 is 0 Å². The van der Waals surface area contributed by atoms with Crippen LogP contribution in [0.2, 0.25) is 0 Å². The molecule has 1 aromatic carbocycles. The highest BCUT2D eigenvalue weighted by atomic mass is 79.9. The molecule has 1 aromatic heterocycles.